The van der Waals surface area contributed by atoms with Crippen LogP contribution in [0.1, 0.15) is 52.5 Å². The number of hydrogen-bond acceptors (Lipinski definition) is 14. The molecule has 1 fully saturated rings. The maximum Gasteiger partial charge on any atom is 0.410 e. The fourth-order valence-electron chi connectivity index (χ4n) is 6.38. The van der Waals surface area contributed by atoms with E-state index >= 15 is 0 Å². The third-order valence-electron chi connectivity index (χ3n) is 8.89. The number of aliphatic carboxylic acids is 1. The van der Waals surface area contributed by atoms with Crippen molar-refractivity contribution in [3.05, 3.63) is 40.8 Å². The standard InChI is InChI=1S/C36H51N7O13/c1-20(2)31(32(37)48)42(6)35(52)54-17-21-7-8-25(55-30-15-22(44)14-26(56-30)34(50)51)23(13-21)40-27(45)11-12-38-33(49)24(43-28(46)9-10-29(43)47)16-41(5)19-36(3,4)18-39-53/h7-10,13,20,22,24,26,30-31,44H,11-12,14-19H2,1-6H3,(H2,37,48)(H,38,49)(H,40,45)(H,50,51). The Bertz CT molecular complexity index is 1670. The summed E-state index contributed by atoms with van der Waals surface area (Å²) in [4.78, 5) is 102. The largest absolute Gasteiger partial charge is 0.479 e. The lowest BCUT2D eigenvalue weighted by Gasteiger charge is -2.33. The van der Waals surface area contributed by atoms with Crippen molar-refractivity contribution in [3.63, 3.8) is 0 Å². The molecule has 308 valence electrons. The van der Waals surface area contributed by atoms with E-state index in [0.717, 1.165) is 22.0 Å². The third kappa shape index (κ3) is 12.8. The molecule has 2 aliphatic rings. The highest BCUT2D eigenvalue weighted by atomic mass is 16.7. The van der Waals surface area contributed by atoms with E-state index in [1.54, 1.807) is 39.6 Å². The number of carbonyl (C=O) groups excluding carboxylic acids is 6. The van der Waals surface area contributed by atoms with Crippen molar-refractivity contribution >= 4 is 47.3 Å². The van der Waals surface area contributed by atoms with Gasteiger partial charge in [0, 0.05) is 63.5 Å². The van der Waals surface area contributed by atoms with E-state index in [4.69, 9.17) is 19.9 Å². The molecule has 0 aliphatic carbocycles. The summed E-state index contributed by atoms with van der Waals surface area (Å²) in [5.41, 5.74) is 5.31. The first-order valence-electron chi connectivity index (χ1n) is 17.9. The van der Waals surface area contributed by atoms with Gasteiger partial charge in [-0.25, -0.2) is 9.59 Å². The van der Waals surface area contributed by atoms with E-state index in [0.29, 0.717) is 12.1 Å². The lowest BCUT2D eigenvalue weighted by Crippen LogP contribution is -2.55. The van der Waals surface area contributed by atoms with Crippen LogP contribution in [0.3, 0.4) is 0 Å². The summed E-state index contributed by atoms with van der Waals surface area (Å²) in [5.74, 6) is -5.01. The number of nitrogens with one attached hydrogen (secondary N) is 2. The average molecular weight is 790 g/mol. The molecule has 6 N–H and O–H groups in total. The smallest absolute Gasteiger partial charge is 0.410 e. The van der Waals surface area contributed by atoms with Crippen LogP contribution >= 0.6 is 0 Å². The number of amides is 6. The van der Waals surface area contributed by atoms with Crippen LogP contribution in [-0.4, -0.2) is 137 Å². The Morgan fingerprint density at radius 1 is 1.11 bits per heavy atom. The van der Waals surface area contributed by atoms with Crippen molar-refractivity contribution in [2.75, 3.05) is 45.6 Å². The highest BCUT2D eigenvalue weighted by Gasteiger charge is 2.38. The molecule has 0 saturated carbocycles. The van der Waals surface area contributed by atoms with Crippen LogP contribution in [-0.2, 0) is 44.8 Å². The number of benzene rings is 1. The van der Waals surface area contributed by atoms with Gasteiger partial charge in [-0.05, 0) is 30.7 Å². The van der Waals surface area contributed by atoms with Gasteiger partial charge in [-0.1, -0.05) is 38.9 Å². The molecule has 20 heteroatoms. The van der Waals surface area contributed by atoms with Crippen LogP contribution in [0.2, 0.25) is 0 Å². The number of aliphatic hydroxyl groups excluding tert-OH is 1. The molecular weight excluding hydrogens is 738 g/mol. The molecule has 1 aromatic carbocycles. The lowest BCUT2D eigenvalue weighted by molar-refractivity contribution is -0.195. The maximum absolute atomic E-state index is 13.4. The van der Waals surface area contributed by atoms with Gasteiger partial charge < -0.3 is 45.7 Å². The number of primary amides is 1. The Morgan fingerprint density at radius 3 is 2.36 bits per heavy atom. The number of nitrogens with zero attached hydrogens (tertiary/aromatic N) is 4. The molecule has 5 unspecified atom stereocenters. The summed E-state index contributed by atoms with van der Waals surface area (Å²) in [6.07, 6.45) is -2.89. The zero-order valence-corrected chi connectivity index (χ0v) is 32.3. The van der Waals surface area contributed by atoms with Crippen LogP contribution in [0.5, 0.6) is 5.75 Å². The Morgan fingerprint density at radius 2 is 1.77 bits per heavy atom. The van der Waals surface area contributed by atoms with Crippen LogP contribution in [0, 0.1) is 16.2 Å². The van der Waals surface area contributed by atoms with Gasteiger partial charge in [0.05, 0.1) is 18.3 Å². The zero-order chi connectivity index (χ0) is 41.9. The minimum atomic E-state index is -1.35. The number of nitrogens with two attached hydrogens (primary N) is 1. The summed E-state index contributed by atoms with van der Waals surface area (Å²) in [5, 5.41) is 27.9. The van der Waals surface area contributed by atoms with Gasteiger partial charge >= 0.3 is 12.1 Å². The van der Waals surface area contributed by atoms with Crippen molar-refractivity contribution in [3.8, 4) is 5.75 Å². The molecule has 1 aromatic rings. The number of carboxylic acids is 1. The number of likely N-dealkylation sites (N-methyl/N-ethyl adjacent to an activating group) is 2. The number of carbonyl (C=O) groups is 7. The first kappa shape index (κ1) is 44.9. The predicted octanol–water partition coefficient (Wildman–Crippen LogP) is 0.557. The van der Waals surface area contributed by atoms with E-state index in [2.05, 4.69) is 15.8 Å². The second-order valence-electron chi connectivity index (χ2n) is 14.9. The first-order valence-corrected chi connectivity index (χ1v) is 17.9. The number of ether oxygens (including phenoxy) is 3. The maximum atomic E-state index is 13.4. The van der Waals surface area contributed by atoms with Crippen LogP contribution in [0.4, 0.5) is 10.5 Å². The average Bonchev–Trinajstić information content (AvgIpc) is 3.42. The number of nitroso groups, excluding NO2 is 1. The highest BCUT2D eigenvalue weighted by molar-refractivity contribution is 6.15. The lowest BCUT2D eigenvalue weighted by atomic mass is 9.93. The van der Waals surface area contributed by atoms with Crippen LogP contribution in [0.25, 0.3) is 0 Å². The molecule has 0 aromatic heterocycles. The fraction of sp³-hybridized carbons (Fsp3) is 0.583. The summed E-state index contributed by atoms with van der Waals surface area (Å²) < 4.78 is 16.8. The topological polar surface area (TPSA) is 277 Å². The minimum absolute atomic E-state index is 0.00123. The number of aliphatic hydroxyl groups is 1. The minimum Gasteiger partial charge on any atom is -0.479 e. The van der Waals surface area contributed by atoms with Crippen LogP contribution < -0.4 is 21.1 Å². The molecule has 1 saturated heterocycles. The SMILES string of the molecule is CC(C)C(C(N)=O)N(C)C(=O)OCc1ccc(OC2CC(O)CC(C(=O)O)O2)c(NC(=O)CCNC(=O)C(CN(C)CC(C)(C)CN=O)N2C(=O)C=CC2=O)c1. The summed E-state index contributed by atoms with van der Waals surface area (Å²) in [7, 11) is 3.03. The molecule has 0 spiro atoms. The molecule has 5 atom stereocenters. The Labute approximate surface area is 323 Å². The van der Waals surface area contributed by atoms with Crippen molar-refractivity contribution in [1.29, 1.82) is 0 Å². The summed E-state index contributed by atoms with van der Waals surface area (Å²) in [6.45, 7) is 6.72. The fourth-order valence-corrected chi connectivity index (χ4v) is 6.38. The van der Waals surface area contributed by atoms with Crippen molar-refractivity contribution in [2.24, 2.45) is 22.2 Å². The van der Waals surface area contributed by atoms with Gasteiger partial charge in [0.25, 0.3) is 11.8 Å². The molecule has 0 radical (unpaired) electrons. The molecule has 0 bridgehead atoms. The summed E-state index contributed by atoms with van der Waals surface area (Å²) >= 11 is 0. The zero-order valence-electron chi connectivity index (χ0n) is 32.3. The Balaban J connectivity index is 1.75. The first-order chi connectivity index (χ1) is 26.2. The van der Waals surface area contributed by atoms with Gasteiger partial charge in [0.2, 0.25) is 24.0 Å². The normalized spacial score (nSPS) is 19.4. The number of anilines is 1. The number of rotatable bonds is 20. The molecule has 6 amide bonds. The van der Waals surface area contributed by atoms with Gasteiger partial charge in [0.15, 0.2) is 6.10 Å². The molecule has 2 aliphatic heterocycles. The Kier molecular flexibility index (Phi) is 16.0. The van der Waals surface area contributed by atoms with Crippen LogP contribution in [0.15, 0.2) is 35.5 Å². The molecule has 2 heterocycles. The monoisotopic (exact) mass is 789 g/mol. The van der Waals surface area contributed by atoms with E-state index in [1.807, 2.05) is 0 Å². The van der Waals surface area contributed by atoms with Gasteiger partial charge in [-0.3, -0.25) is 33.8 Å². The number of carboxylic acid groups (broad SMARTS) is 1. The quantitative estimate of drug-likeness (QED) is 0.0892. The molecular formula is C36H51N7O13. The predicted molar refractivity (Wildman–Crippen MR) is 197 cm³/mol. The van der Waals surface area contributed by atoms with E-state index in [-0.39, 0.29) is 62.9 Å². The number of hydrogen-bond donors (Lipinski definition) is 5. The molecule has 3 rings (SSSR count). The van der Waals surface area contributed by atoms with Crippen molar-refractivity contribution < 1.29 is 58.0 Å². The molecule has 20 nitrogen and oxygen atoms in total. The van der Waals surface area contributed by atoms with E-state index in [1.165, 1.54) is 25.2 Å². The van der Waals surface area contributed by atoms with Crippen molar-refractivity contribution in [2.45, 2.75) is 84.1 Å². The second-order valence-corrected chi connectivity index (χ2v) is 14.9. The molecule has 56 heavy (non-hydrogen) atoms. The van der Waals surface area contributed by atoms with Gasteiger partial charge in [0.1, 0.15) is 24.4 Å². The number of imide groups is 1. The van der Waals surface area contributed by atoms with Gasteiger partial charge in [-0.2, -0.15) is 4.91 Å². The van der Waals surface area contributed by atoms with Gasteiger partial charge in [-0.15, -0.1) is 0 Å². The van der Waals surface area contributed by atoms with Crippen molar-refractivity contribution in [1.82, 2.24) is 20.0 Å². The Hall–Kier alpha value is -5.47. The summed E-state index contributed by atoms with van der Waals surface area (Å²) in [6, 6.07) is 2.14. The second kappa shape index (κ2) is 19.9. The highest BCUT2D eigenvalue weighted by Crippen LogP contribution is 2.31. The van der Waals surface area contributed by atoms with E-state index in [9.17, 15) is 48.7 Å². The third-order valence-corrected chi connectivity index (χ3v) is 8.89. The van der Waals surface area contributed by atoms with E-state index < -0.39 is 77.6 Å².